The van der Waals surface area contributed by atoms with Crippen molar-refractivity contribution in [3.8, 4) is 0 Å². The van der Waals surface area contributed by atoms with Crippen LogP contribution in [0.4, 0.5) is 0 Å². The van der Waals surface area contributed by atoms with Gasteiger partial charge in [0.25, 0.3) is 0 Å². The molecular weight excluding hydrogens is 290 g/mol. The quantitative estimate of drug-likeness (QED) is 0.809. The first kappa shape index (κ1) is 13.9. The number of oxazole rings is 1. The van der Waals surface area contributed by atoms with Crippen molar-refractivity contribution in [1.82, 2.24) is 4.57 Å². The van der Waals surface area contributed by atoms with Gasteiger partial charge in [-0.05, 0) is 35.4 Å². The molecular formula is C16H14ClNO3. The highest BCUT2D eigenvalue weighted by atomic mass is 35.5. The maximum absolute atomic E-state index is 11.5. The molecule has 108 valence electrons. The Bertz CT molecular complexity index is 833. The second kappa shape index (κ2) is 5.39. The van der Waals surface area contributed by atoms with Gasteiger partial charge in [-0.25, -0.2) is 4.79 Å². The summed E-state index contributed by atoms with van der Waals surface area (Å²) in [4.78, 5) is 11.5. The number of nitrogens with zero attached hydrogens (tertiary/aromatic N) is 1. The summed E-state index contributed by atoms with van der Waals surface area (Å²) in [5.41, 5.74) is 2.89. The predicted molar refractivity (Wildman–Crippen MR) is 81.6 cm³/mol. The summed E-state index contributed by atoms with van der Waals surface area (Å²) in [7, 11) is 1.65. The van der Waals surface area contributed by atoms with Crippen LogP contribution in [0, 0.1) is 0 Å². The number of halogens is 1. The van der Waals surface area contributed by atoms with E-state index in [0.717, 1.165) is 5.56 Å². The van der Waals surface area contributed by atoms with Crippen LogP contribution >= 0.6 is 11.6 Å². The normalized spacial score (nSPS) is 12.7. The Kier molecular flexibility index (Phi) is 3.57. The summed E-state index contributed by atoms with van der Waals surface area (Å²) >= 11 is 5.84. The van der Waals surface area contributed by atoms with Crippen molar-refractivity contribution in [2.24, 2.45) is 7.05 Å². The average Bonchev–Trinajstić information content (AvgIpc) is 2.76. The Morgan fingerprint density at radius 3 is 2.67 bits per heavy atom. The summed E-state index contributed by atoms with van der Waals surface area (Å²) in [6.45, 7) is 0. The van der Waals surface area contributed by atoms with E-state index in [1.54, 1.807) is 37.4 Å². The highest BCUT2D eigenvalue weighted by Crippen LogP contribution is 2.23. The summed E-state index contributed by atoms with van der Waals surface area (Å²) in [6.07, 6.45) is -0.194. The van der Waals surface area contributed by atoms with Crippen molar-refractivity contribution in [3.05, 3.63) is 69.2 Å². The summed E-state index contributed by atoms with van der Waals surface area (Å²) in [5.74, 6) is -0.408. The molecule has 0 amide bonds. The maximum Gasteiger partial charge on any atom is 0.419 e. The molecule has 0 radical (unpaired) electrons. The largest absolute Gasteiger partial charge is 0.419 e. The first-order valence-electron chi connectivity index (χ1n) is 6.56. The van der Waals surface area contributed by atoms with Crippen LogP contribution in [0.5, 0.6) is 0 Å². The maximum atomic E-state index is 11.5. The zero-order valence-electron chi connectivity index (χ0n) is 11.4. The lowest BCUT2D eigenvalue weighted by Gasteiger charge is -2.11. The van der Waals surface area contributed by atoms with Gasteiger partial charge in [0.2, 0.25) is 0 Å². The van der Waals surface area contributed by atoms with Crippen molar-refractivity contribution in [3.63, 3.8) is 0 Å². The average molecular weight is 304 g/mol. The number of rotatable bonds is 3. The predicted octanol–water partition coefficient (Wildman–Crippen LogP) is 3.06. The second-order valence-electron chi connectivity index (χ2n) is 5.00. The molecule has 1 N–H and O–H groups in total. The van der Waals surface area contributed by atoms with Crippen LogP contribution in [-0.2, 0) is 13.5 Å². The van der Waals surface area contributed by atoms with Crippen LogP contribution in [0.1, 0.15) is 17.2 Å². The van der Waals surface area contributed by atoms with Gasteiger partial charge >= 0.3 is 5.76 Å². The fraction of sp³-hybridized carbons (Fsp3) is 0.188. The first-order valence-corrected chi connectivity index (χ1v) is 6.94. The molecule has 1 aromatic heterocycles. The molecule has 21 heavy (non-hydrogen) atoms. The highest BCUT2D eigenvalue weighted by molar-refractivity contribution is 6.30. The Labute approximate surface area is 126 Å². The molecule has 0 bridgehead atoms. The number of aryl methyl sites for hydroxylation is 1. The van der Waals surface area contributed by atoms with Gasteiger partial charge in [0.05, 0.1) is 11.6 Å². The molecule has 2 aromatic carbocycles. The SMILES string of the molecule is Cn1c(=O)oc2cc(C(O)Cc3ccc(Cl)cc3)ccc21. The van der Waals surface area contributed by atoms with Gasteiger partial charge in [-0.3, -0.25) is 4.57 Å². The molecule has 1 heterocycles. The van der Waals surface area contributed by atoms with Gasteiger partial charge in [0.1, 0.15) is 0 Å². The van der Waals surface area contributed by atoms with Crippen molar-refractivity contribution in [2.45, 2.75) is 12.5 Å². The van der Waals surface area contributed by atoms with E-state index in [9.17, 15) is 9.90 Å². The van der Waals surface area contributed by atoms with Crippen LogP contribution < -0.4 is 5.76 Å². The van der Waals surface area contributed by atoms with E-state index in [0.29, 0.717) is 28.1 Å². The van der Waals surface area contributed by atoms with E-state index in [-0.39, 0.29) is 0 Å². The number of fused-ring (bicyclic) bond motifs is 1. The molecule has 3 aromatic rings. The van der Waals surface area contributed by atoms with E-state index in [1.165, 1.54) is 4.57 Å². The molecule has 0 saturated carbocycles. The fourth-order valence-corrected chi connectivity index (χ4v) is 2.45. The van der Waals surface area contributed by atoms with E-state index in [4.69, 9.17) is 16.0 Å². The zero-order chi connectivity index (χ0) is 15.0. The molecule has 0 saturated heterocycles. The van der Waals surface area contributed by atoms with Gasteiger partial charge in [0, 0.05) is 18.5 Å². The lowest BCUT2D eigenvalue weighted by atomic mass is 10.0. The Morgan fingerprint density at radius 1 is 1.24 bits per heavy atom. The fourth-order valence-electron chi connectivity index (χ4n) is 2.32. The lowest BCUT2D eigenvalue weighted by molar-refractivity contribution is 0.178. The smallest absolute Gasteiger partial charge is 0.408 e. The van der Waals surface area contributed by atoms with Crippen LogP contribution in [0.3, 0.4) is 0 Å². The Morgan fingerprint density at radius 2 is 1.95 bits per heavy atom. The van der Waals surface area contributed by atoms with Gasteiger partial charge in [-0.2, -0.15) is 0 Å². The highest BCUT2D eigenvalue weighted by Gasteiger charge is 2.12. The zero-order valence-corrected chi connectivity index (χ0v) is 12.2. The lowest BCUT2D eigenvalue weighted by Crippen LogP contribution is -2.08. The van der Waals surface area contributed by atoms with Crippen LogP contribution in [0.15, 0.2) is 51.7 Å². The second-order valence-corrected chi connectivity index (χ2v) is 5.44. The molecule has 1 unspecified atom stereocenters. The van der Waals surface area contributed by atoms with Gasteiger partial charge in [0.15, 0.2) is 5.58 Å². The Hall–Kier alpha value is -2.04. The number of aliphatic hydroxyl groups is 1. The summed E-state index contributed by atoms with van der Waals surface area (Å²) < 4.78 is 6.57. The minimum atomic E-state index is -0.666. The summed E-state index contributed by atoms with van der Waals surface area (Å²) in [6, 6.07) is 12.6. The van der Waals surface area contributed by atoms with E-state index < -0.39 is 11.9 Å². The molecule has 1 atom stereocenters. The molecule has 0 aliphatic rings. The minimum absolute atomic E-state index is 0.408. The van der Waals surface area contributed by atoms with Crippen molar-refractivity contribution in [1.29, 1.82) is 0 Å². The van der Waals surface area contributed by atoms with Crippen molar-refractivity contribution < 1.29 is 9.52 Å². The Balaban J connectivity index is 1.89. The molecule has 4 nitrogen and oxygen atoms in total. The molecule has 0 fully saturated rings. The summed E-state index contributed by atoms with van der Waals surface area (Å²) in [5, 5.41) is 11.0. The van der Waals surface area contributed by atoms with E-state index >= 15 is 0 Å². The first-order chi connectivity index (χ1) is 10.0. The van der Waals surface area contributed by atoms with Crippen LogP contribution in [-0.4, -0.2) is 9.67 Å². The number of aliphatic hydroxyl groups excluding tert-OH is 1. The molecule has 0 aliphatic heterocycles. The minimum Gasteiger partial charge on any atom is -0.408 e. The third-order valence-electron chi connectivity index (χ3n) is 3.54. The van der Waals surface area contributed by atoms with Gasteiger partial charge in [-0.15, -0.1) is 0 Å². The van der Waals surface area contributed by atoms with Crippen LogP contribution in [0.25, 0.3) is 11.1 Å². The monoisotopic (exact) mass is 303 g/mol. The molecule has 0 spiro atoms. The molecule has 3 rings (SSSR count). The van der Waals surface area contributed by atoms with Gasteiger partial charge < -0.3 is 9.52 Å². The van der Waals surface area contributed by atoms with Crippen molar-refractivity contribution in [2.75, 3.05) is 0 Å². The molecule has 5 heteroatoms. The van der Waals surface area contributed by atoms with E-state index in [2.05, 4.69) is 0 Å². The number of aromatic nitrogens is 1. The third-order valence-corrected chi connectivity index (χ3v) is 3.80. The van der Waals surface area contributed by atoms with Gasteiger partial charge in [-0.1, -0.05) is 29.8 Å². The number of hydrogen-bond acceptors (Lipinski definition) is 3. The van der Waals surface area contributed by atoms with Crippen LogP contribution in [0.2, 0.25) is 5.02 Å². The molecule has 0 aliphatic carbocycles. The number of benzene rings is 2. The number of hydrogen-bond donors (Lipinski definition) is 1. The standard InChI is InChI=1S/C16H14ClNO3/c1-18-13-7-4-11(9-15(13)21-16(18)20)14(19)8-10-2-5-12(17)6-3-10/h2-7,9,14,19H,8H2,1H3. The topological polar surface area (TPSA) is 55.4 Å². The van der Waals surface area contributed by atoms with Crippen molar-refractivity contribution >= 4 is 22.7 Å². The third kappa shape index (κ3) is 2.73. The van der Waals surface area contributed by atoms with E-state index in [1.807, 2.05) is 12.1 Å².